The van der Waals surface area contributed by atoms with Crippen LogP contribution in [0.4, 0.5) is 0 Å². The van der Waals surface area contributed by atoms with Crippen LogP contribution in [-0.2, 0) is 22.5 Å². The number of methoxy groups -OCH3 is 1. The van der Waals surface area contributed by atoms with Crippen LogP contribution in [0.3, 0.4) is 0 Å². The second-order valence-corrected chi connectivity index (χ2v) is 4.87. The molecule has 0 unspecified atom stereocenters. The Morgan fingerprint density at radius 3 is 2.81 bits per heavy atom. The molecule has 1 amide bonds. The average Bonchev–Trinajstić information content (AvgIpc) is 3.00. The summed E-state index contributed by atoms with van der Waals surface area (Å²) in [5.74, 6) is -0.612. The van der Waals surface area contributed by atoms with Crippen molar-refractivity contribution < 1.29 is 14.3 Å². The molecule has 21 heavy (non-hydrogen) atoms. The number of rotatable bonds is 2. The predicted octanol–water partition coefficient (Wildman–Crippen LogP) is 1.15. The smallest absolute Gasteiger partial charge is 0.329 e. The molecule has 2 heterocycles. The van der Waals surface area contributed by atoms with Gasteiger partial charge in [-0.25, -0.2) is 9.78 Å². The number of imidazole rings is 1. The van der Waals surface area contributed by atoms with Crippen molar-refractivity contribution in [1.29, 1.82) is 0 Å². The van der Waals surface area contributed by atoms with Crippen molar-refractivity contribution in [3.8, 4) is 0 Å². The molecule has 1 aliphatic heterocycles. The largest absolute Gasteiger partial charge is 0.467 e. The number of benzene rings is 1. The van der Waals surface area contributed by atoms with Gasteiger partial charge < -0.3 is 14.6 Å². The molecule has 3 rings (SSSR count). The van der Waals surface area contributed by atoms with Crippen molar-refractivity contribution >= 4 is 11.9 Å². The molecule has 1 aromatic heterocycles. The van der Waals surface area contributed by atoms with Crippen LogP contribution in [0.2, 0.25) is 0 Å². The molecule has 0 saturated heterocycles. The second-order valence-electron chi connectivity index (χ2n) is 4.87. The molecule has 0 radical (unpaired) electrons. The van der Waals surface area contributed by atoms with E-state index in [9.17, 15) is 9.59 Å². The van der Waals surface area contributed by atoms with Crippen molar-refractivity contribution in [1.82, 2.24) is 14.9 Å². The van der Waals surface area contributed by atoms with Crippen molar-refractivity contribution in [2.24, 2.45) is 0 Å². The van der Waals surface area contributed by atoms with Gasteiger partial charge in [0.2, 0.25) is 0 Å². The molecular weight excluding hydrogens is 270 g/mol. The molecular formula is C15H15N3O3. The predicted molar refractivity (Wildman–Crippen MR) is 74.4 cm³/mol. The molecule has 6 nitrogen and oxygen atoms in total. The first-order valence-corrected chi connectivity index (χ1v) is 6.65. The number of carbonyl (C=O) groups is 2. The first-order valence-electron chi connectivity index (χ1n) is 6.65. The maximum Gasteiger partial charge on any atom is 0.329 e. The lowest BCUT2D eigenvalue weighted by atomic mass is 10.0. The van der Waals surface area contributed by atoms with E-state index in [1.807, 2.05) is 6.07 Å². The Bertz CT molecular complexity index is 666. The quantitative estimate of drug-likeness (QED) is 0.840. The molecule has 0 spiro atoms. The highest BCUT2D eigenvalue weighted by molar-refractivity contribution is 5.97. The van der Waals surface area contributed by atoms with Crippen LogP contribution >= 0.6 is 0 Å². The fourth-order valence-corrected chi connectivity index (χ4v) is 2.54. The van der Waals surface area contributed by atoms with Crippen LogP contribution in [-0.4, -0.2) is 39.9 Å². The van der Waals surface area contributed by atoms with E-state index in [0.717, 1.165) is 11.4 Å². The van der Waals surface area contributed by atoms with Crippen LogP contribution in [0.1, 0.15) is 21.7 Å². The van der Waals surface area contributed by atoms with Crippen molar-refractivity contribution in [2.45, 2.75) is 19.0 Å². The zero-order valence-corrected chi connectivity index (χ0v) is 11.6. The maximum atomic E-state index is 12.6. The molecule has 0 aliphatic carbocycles. The van der Waals surface area contributed by atoms with Crippen LogP contribution in [0.15, 0.2) is 36.7 Å². The second kappa shape index (κ2) is 5.40. The normalized spacial score (nSPS) is 17.2. The summed E-state index contributed by atoms with van der Waals surface area (Å²) in [7, 11) is 1.33. The number of nitrogens with zero attached hydrogens (tertiary/aromatic N) is 2. The summed E-state index contributed by atoms with van der Waals surface area (Å²) < 4.78 is 4.83. The third kappa shape index (κ3) is 2.40. The van der Waals surface area contributed by atoms with Gasteiger partial charge in [0.1, 0.15) is 6.04 Å². The number of fused-ring (bicyclic) bond motifs is 1. The molecule has 0 saturated carbocycles. The number of aromatic amines is 1. The number of hydrogen-bond donors (Lipinski definition) is 1. The van der Waals surface area contributed by atoms with E-state index in [0.29, 0.717) is 18.5 Å². The summed E-state index contributed by atoms with van der Waals surface area (Å²) in [6.45, 7) is 0.322. The number of ether oxygens (including phenoxy) is 1. The van der Waals surface area contributed by atoms with E-state index in [1.54, 1.807) is 30.6 Å². The summed E-state index contributed by atoms with van der Waals surface area (Å²) >= 11 is 0. The van der Waals surface area contributed by atoms with E-state index in [1.165, 1.54) is 12.0 Å². The molecule has 0 bridgehead atoms. The minimum Gasteiger partial charge on any atom is -0.467 e. The number of hydrogen-bond acceptors (Lipinski definition) is 4. The van der Waals surface area contributed by atoms with Crippen LogP contribution in [0, 0.1) is 0 Å². The number of amides is 1. The zero-order chi connectivity index (χ0) is 14.8. The molecule has 1 N–H and O–H groups in total. The number of carbonyl (C=O) groups excluding carboxylic acids is 2. The Kier molecular flexibility index (Phi) is 3.43. The first kappa shape index (κ1) is 13.4. The Morgan fingerprint density at radius 1 is 1.33 bits per heavy atom. The zero-order valence-electron chi connectivity index (χ0n) is 11.6. The highest BCUT2D eigenvalue weighted by atomic mass is 16.5. The Labute approximate surface area is 121 Å². The van der Waals surface area contributed by atoms with Crippen LogP contribution < -0.4 is 0 Å². The first-order chi connectivity index (χ1) is 10.2. The minimum atomic E-state index is -0.640. The van der Waals surface area contributed by atoms with E-state index in [2.05, 4.69) is 9.97 Å². The fraction of sp³-hybridized carbons (Fsp3) is 0.267. The standard InChI is InChI=1S/C15H15N3O3/c1-21-15(20)13-7-11-12(17-9-16-11)8-18(13)14(19)10-5-3-2-4-6-10/h2-6,9,13H,7-8H2,1H3,(H,16,17)/t13-/m0/s1. The molecule has 6 heteroatoms. The van der Waals surface area contributed by atoms with Gasteiger partial charge in [0, 0.05) is 12.0 Å². The van der Waals surface area contributed by atoms with E-state index < -0.39 is 12.0 Å². The Morgan fingerprint density at radius 2 is 2.10 bits per heavy atom. The van der Waals surface area contributed by atoms with E-state index in [4.69, 9.17) is 4.74 Å². The van der Waals surface area contributed by atoms with Gasteiger partial charge in [0.05, 0.1) is 31.4 Å². The lowest BCUT2D eigenvalue weighted by molar-refractivity contribution is -0.146. The molecule has 0 fully saturated rings. The highest BCUT2D eigenvalue weighted by Crippen LogP contribution is 2.23. The van der Waals surface area contributed by atoms with Crippen LogP contribution in [0.25, 0.3) is 0 Å². The summed E-state index contributed by atoms with van der Waals surface area (Å²) in [4.78, 5) is 33.4. The molecule has 1 aromatic carbocycles. The van der Waals surface area contributed by atoms with Gasteiger partial charge in [-0.2, -0.15) is 0 Å². The van der Waals surface area contributed by atoms with Gasteiger partial charge in [0.25, 0.3) is 5.91 Å². The van der Waals surface area contributed by atoms with Gasteiger partial charge in [-0.1, -0.05) is 18.2 Å². The third-order valence-corrected chi connectivity index (χ3v) is 3.65. The summed E-state index contributed by atoms with van der Waals surface area (Å²) in [6, 6.07) is 8.27. The molecule has 1 atom stereocenters. The van der Waals surface area contributed by atoms with Gasteiger partial charge in [-0.05, 0) is 12.1 Å². The maximum absolute atomic E-state index is 12.6. The highest BCUT2D eigenvalue weighted by Gasteiger charge is 2.36. The number of esters is 1. The third-order valence-electron chi connectivity index (χ3n) is 3.65. The monoisotopic (exact) mass is 285 g/mol. The van der Waals surface area contributed by atoms with Crippen molar-refractivity contribution in [2.75, 3.05) is 7.11 Å². The summed E-state index contributed by atoms with van der Waals surface area (Å²) in [5, 5.41) is 0. The summed E-state index contributed by atoms with van der Waals surface area (Å²) in [5.41, 5.74) is 2.22. The fourth-order valence-electron chi connectivity index (χ4n) is 2.54. The lowest BCUT2D eigenvalue weighted by Gasteiger charge is -2.33. The Hall–Kier alpha value is -2.63. The van der Waals surface area contributed by atoms with Gasteiger partial charge >= 0.3 is 5.97 Å². The Balaban J connectivity index is 1.94. The van der Waals surface area contributed by atoms with Gasteiger partial charge in [-0.15, -0.1) is 0 Å². The molecule has 2 aromatic rings. The lowest BCUT2D eigenvalue weighted by Crippen LogP contribution is -2.49. The van der Waals surface area contributed by atoms with Crippen molar-refractivity contribution in [3.05, 3.63) is 53.6 Å². The molecule has 1 aliphatic rings. The average molecular weight is 285 g/mol. The number of aromatic nitrogens is 2. The summed E-state index contributed by atoms with van der Waals surface area (Å²) in [6.07, 6.45) is 1.94. The number of nitrogens with one attached hydrogen (secondary N) is 1. The van der Waals surface area contributed by atoms with Gasteiger partial charge in [0.15, 0.2) is 0 Å². The minimum absolute atomic E-state index is 0.189. The van der Waals surface area contributed by atoms with E-state index in [-0.39, 0.29) is 5.91 Å². The van der Waals surface area contributed by atoms with E-state index >= 15 is 0 Å². The topological polar surface area (TPSA) is 75.3 Å². The van der Waals surface area contributed by atoms with Crippen LogP contribution in [0.5, 0.6) is 0 Å². The molecule has 108 valence electrons. The SMILES string of the molecule is COC(=O)[C@@H]1Cc2nc[nH]c2CN1C(=O)c1ccccc1. The number of H-pyrrole nitrogens is 1. The van der Waals surface area contributed by atoms with Crippen molar-refractivity contribution in [3.63, 3.8) is 0 Å². The van der Waals surface area contributed by atoms with Gasteiger partial charge in [-0.3, -0.25) is 4.79 Å².